The second-order valence-corrected chi connectivity index (χ2v) is 17.9. The molecule has 3 fully saturated rings. The van der Waals surface area contributed by atoms with E-state index in [0.717, 1.165) is 58.6 Å². The van der Waals surface area contributed by atoms with E-state index in [1.807, 2.05) is 48.7 Å². The fourth-order valence-corrected chi connectivity index (χ4v) is 9.18. The van der Waals surface area contributed by atoms with Gasteiger partial charge in [0.05, 0.1) is 36.4 Å². The Bertz CT molecular complexity index is 1830. The van der Waals surface area contributed by atoms with Gasteiger partial charge in [-0.25, -0.2) is 8.42 Å². The number of sulfone groups is 1. The summed E-state index contributed by atoms with van der Waals surface area (Å²) in [6, 6.07) is 15.3. The Morgan fingerprint density at radius 2 is 1.74 bits per heavy atom. The van der Waals surface area contributed by atoms with Crippen LogP contribution in [0.1, 0.15) is 56.1 Å². The molecule has 0 bridgehead atoms. The standard InChI is InChI=1S/C38H47ClN2O10S2/c39-31-9-8-27(52-17-3-16-41(25-11-18-53(48,49)19-12-25)37(47)36(46)35(45)34(44)32(43)22-42)20-24(31)23-50-38(13-14-38)30-21-40-15-10-28(30)29-4-1-2-5-33(29)51-26-6-7-26/h1-2,4-5,8-10,15,20-21,25-26,32,34-36,42-46H,3,6-7,11-14,16-19,22-23H2/t32-,34+,35-,36-/m0/s1. The van der Waals surface area contributed by atoms with Crippen molar-refractivity contribution in [1.82, 2.24) is 9.88 Å². The Morgan fingerprint density at radius 1 is 1.00 bits per heavy atom. The van der Waals surface area contributed by atoms with Crippen LogP contribution in [0.2, 0.25) is 5.02 Å². The number of carbonyl (C=O) groups is 1. The summed E-state index contributed by atoms with van der Waals surface area (Å²) in [4.78, 5) is 20.1. The molecule has 53 heavy (non-hydrogen) atoms. The molecule has 288 valence electrons. The molecule has 1 saturated heterocycles. The molecule has 2 heterocycles. The molecule has 3 aliphatic rings. The summed E-state index contributed by atoms with van der Waals surface area (Å²) < 4.78 is 37.0. The SMILES string of the molecule is O=C([C@@H](O)[C@@H](O)[C@H](O)[C@@H](O)CO)N(CCCSc1ccc(Cl)c(COC2(c3cnccc3-c3ccccc3OC3CC3)CC2)c1)C1CCS(=O)(=O)CC1. The number of hydrogen-bond donors (Lipinski definition) is 5. The number of rotatable bonds is 18. The van der Waals surface area contributed by atoms with Crippen LogP contribution in [0.15, 0.2) is 65.8 Å². The maximum atomic E-state index is 13.4. The predicted octanol–water partition coefficient (Wildman–Crippen LogP) is 3.47. The largest absolute Gasteiger partial charge is 0.490 e. The van der Waals surface area contributed by atoms with Crippen LogP contribution >= 0.6 is 23.4 Å². The van der Waals surface area contributed by atoms with Gasteiger partial charge < -0.3 is 39.9 Å². The number of thioether (sulfide) groups is 1. The zero-order valence-electron chi connectivity index (χ0n) is 29.3. The zero-order chi connectivity index (χ0) is 37.8. The highest BCUT2D eigenvalue weighted by molar-refractivity contribution is 7.99. The number of halogens is 1. The van der Waals surface area contributed by atoms with Crippen molar-refractivity contribution in [2.75, 3.05) is 30.4 Å². The lowest BCUT2D eigenvalue weighted by atomic mass is 9.96. The third-order valence-corrected chi connectivity index (χ3v) is 13.3. The van der Waals surface area contributed by atoms with Gasteiger partial charge in [0.15, 0.2) is 6.10 Å². The summed E-state index contributed by atoms with van der Waals surface area (Å²) >= 11 is 8.19. The zero-order valence-corrected chi connectivity index (χ0v) is 31.7. The first-order valence-electron chi connectivity index (χ1n) is 18.0. The molecule has 15 heteroatoms. The third kappa shape index (κ3) is 9.91. The summed E-state index contributed by atoms with van der Waals surface area (Å²) in [6.07, 6.45) is 0.711. The maximum absolute atomic E-state index is 13.4. The first kappa shape index (κ1) is 39.9. The van der Waals surface area contributed by atoms with Gasteiger partial charge in [0.2, 0.25) is 0 Å². The molecule has 6 rings (SSSR count). The van der Waals surface area contributed by atoms with Crippen molar-refractivity contribution in [3.8, 4) is 16.9 Å². The normalized spacial score (nSPS) is 20.3. The quantitative estimate of drug-likeness (QED) is 0.0935. The monoisotopic (exact) mass is 790 g/mol. The van der Waals surface area contributed by atoms with Crippen LogP contribution in [0.3, 0.4) is 0 Å². The molecule has 1 aromatic heterocycles. The van der Waals surface area contributed by atoms with Crippen LogP contribution in [0.4, 0.5) is 0 Å². The van der Waals surface area contributed by atoms with Gasteiger partial charge in [-0.1, -0.05) is 29.8 Å². The lowest BCUT2D eigenvalue weighted by Crippen LogP contribution is -2.55. The van der Waals surface area contributed by atoms with Crippen LogP contribution in [0.5, 0.6) is 5.75 Å². The smallest absolute Gasteiger partial charge is 0.254 e. The molecule has 4 atom stereocenters. The van der Waals surface area contributed by atoms with E-state index >= 15 is 0 Å². The minimum atomic E-state index is -3.24. The minimum absolute atomic E-state index is 0.109. The molecule has 1 amide bonds. The summed E-state index contributed by atoms with van der Waals surface area (Å²) in [7, 11) is -3.24. The van der Waals surface area contributed by atoms with E-state index in [-0.39, 0.29) is 43.6 Å². The molecule has 2 aliphatic carbocycles. The van der Waals surface area contributed by atoms with Gasteiger partial charge in [-0.2, -0.15) is 0 Å². The van der Waals surface area contributed by atoms with Crippen LogP contribution in [-0.4, -0.2) is 117 Å². The van der Waals surface area contributed by atoms with Gasteiger partial charge in [-0.3, -0.25) is 9.78 Å². The average molecular weight is 791 g/mol. The van der Waals surface area contributed by atoms with Crippen molar-refractivity contribution in [3.05, 3.63) is 77.1 Å². The van der Waals surface area contributed by atoms with Crippen molar-refractivity contribution in [3.63, 3.8) is 0 Å². The summed E-state index contributed by atoms with van der Waals surface area (Å²) in [6.45, 7) is -0.435. The van der Waals surface area contributed by atoms with Crippen molar-refractivity contribution in [2.45, 2.75) is 98.6 Å². The molecule has 2 aromatic carbocycles. The Hall–Kier alpha value is -2.79. The third-order valence-electron chi connectivity index (χ3n) is 10.1. The first-order valence-corrected chi connectivity index (χ1v) is 21.2. The topological polar surface area (TPSA) is 187 Å². The fourth-order valence-electron chi connectivity index (χ4n) is 6.65. The van der Waals surface area contributed by atoms with E-state index in [1.54, 1.807) is 18.0 Å². The van der Waals surface area contributed by atoms with E-state index in [2.05, 4.69) is 11.1 Å². The summed E-state index contributed by atoms with van der Waals surface area (Å²) in [5.41, 5.74) is 3.39. The molecular formula is C38H47ClN2O10S2. The van der Waals surface area contributed by atoms with Crippen molar-refractivity contribution in [2.24, 2.45) is 0 Å². The number of aromatic nitrogens is 1. The Balaban J connectivity index is 1.08. The molecule has 1 aliphatic heterocycles. The molecule has 3 aromatic rings. The predicted molar refractivity (Wildman–Crippen MR) is 200 cm³/mol. The number of nitrogens with zero attached hydrogens (tertiary/aromatic N) is 2. The number of benzene rings is 2. The average Bonchev–Trinajstić information content (AvgIpc) is 4.12. The second kappa shape index (κ2) is 17.3. The first-order chi connectivity index (χ1) is 25.4. The number of aliphatic hydroxyl groups excluding tert-OH is 5. The Morgan fingerprint density at radius 3 is 2.43 bits per heavy atom. The number of ether oxygens (including phenoxy) is 2. The van der Waals surface area contributed by atoms with Crippen molar-refractivity contribution < 1.29 is 48.2 Å². The number of aliphatic hydroxyl groups is 5. The van der Waals surface area contributed by atoms with Crippen LogP contribution in [-0.2, 0) is 31.6 Å². The number of para-hydroxylation sites is 1. The maximum Gasteiger partial charge on any atom is 0.254 e. The van der Waals surface area contributed by atoms with E-state index in [4.69, 9.17) is 26.2 Å². The van der Waals surface area contributed by atoms with Crippen LogP contribution < -0.4 is 4.74 Å². The highest BCUT2D eigenvalue weighted by Crippen LogP contribution is 2.53. The molecule has 0 spiro atoms. The molecular weight excluding hydrogens is 744 g/mol. The van der Waals surface area contributed by atoms with Gasteiger partial charge in [0, 0.05) is 46.0 Å². The molecule has 0 unspecified atom stereocenters. The van der Waals surface area contributed by atoms with Crippen molar-refractivity contribution in [1.29, 1.82) is 0 Å². The van der Waals surface area contributed by atoms with Gasteiger partial charge in [-0.05, 0) is 92.2 Å². The van der Waals surface area contributed by atoms with E-state index in [9.17, 15) is 33.6 Å². The van der Waals surface area contributed by atoms with E-state index in [1.165, 1.54) is 4.90 Å². The summed E-state index contributed by atoms with van der Waals surface area (Å²) in [5, 5.41) is 50.5. The fraction of sp³-hybridized carbons (Fsp3) is 0.526. The number of amides is 1. The lowest BCUT2D eigenvalue weighted by Gasteiger charge is -2.37. The Labute approximate surface area is 319 Å². The number of hydrogen-bond acceptors (Lipinski definition) is 12. The Kier molecular flexibility index (Phi) is 13.1. The van der Waals surface area contributed by atoms with Gasteiger partial charge in [0.1, 0.15) is 33.9 Å². The molecule has 2 saturated carbocycles. The van der Waals surface area contributed by atoms with E-state index in [0.29, 0.717) is 17.2 Å². The molecule has 0 radical (unpaired) electrons. The van der Waals surface area contributed by atoms with Gasteiger partial charge in [-0.15, -0.1) is 11.8 Å². The molecule has 12 nitrogen and oxygen atoms in total. The van der Waals surface area contributed by atoms with Gasteiger partial charge in [0.25, 0.3) is 5.91 Å². The van der Waals surface area contributed by atoms with Crippen LogP contribution in [0.25, 0.3) is 11.1 Å². The minimum Gasteiger partial charge on any atom is -0.490 e. The summed E-state index contributed by atoms with van der Waals surface area (Å²) in [5.74, 6) is 0.318. The second-order valence-electron chi connectivity index (χ2n) is 14.1. The van der Waals surface area contributed by atoms with E-state index < -0.39 is 58.4 Å². The highest BCUT2D eigenvalue weighted by Gasteiger charge is 2.48. The van der Waals surface area contributed by atoms with Crippen LogP contribution in [0, 0.1) is 0 Å². The number of pyridine rings is 1. The molecule has 5 N–H and O–H groups in total. The highest BCUT2D eigenvalue weighted by atomic mass is 35.5. The number of carbonyl (C=O) groups excluding carboxylic acids is 1. The lowest BCUT2D eigenvalue weighted by molar-refractivity contribution is -0.160. The van der Waals surface area contributed by atoms with Crippen molar-refractivity contribution >= 4 is 39.1 Å². The van der Waals surface area contributed by atoms with Gasteiger partial charge >= 0.3 is 0 Å².